The second-order valence-corrected chi connectivity index (χ2v) is 7.42. The molecule has 2 amide bonds. The van der Waals surface area contributed by atoms with Crippen LogP contribution in [0.4, 0.5) is 9.18 Å². The van der Waals surface area contributed by atoms with E-state index in [4.69, 9.17) is 10.5 Å². The second kappa shape index (κ2) is 9.87. The molecule has 2 rings (SSSR count). The Labute approximate surface area is 164 Å². The maximum atomic E-state index is 12.4. The summed E-state index contributed by atoms with van der Waals surface area (Å²) in [6.07, 6.45) is 0.406. The molecule has 7 nitrogen and oxygen atoms in total. The van der Waals surface area contributed by atoms with Crippen LogP contribution in [0.1, 0.15) is 32.8 Å². The smallest absolute Gasteiger partial charge is 0.410 e. The van der Waals surface area contributed by atoms with Gasteiger partial charge in [0.15, 0.2) is 0 Å². The lowest BCUT2D eigenvalue weighted by atomic mass is 10.1. The van der Waals surface area contributed by atoms with Gasteiger partial charge in [0.2, 0.25) is 5.91 Å². The van der Waals surface area contributed by atoms with Gasteiger partial charge in [-0.2, -0.15) is 0 Å². The lowest BCUT2D eigenvalue weighted by Crippen LogP contribution is -2.45. The normalized spacial score (nSPS) is 18.5. The number of amides is 2. The Morgan fingerprint density at radius 3 is 2.32 bits per heavy atom. The van der Waals surface area contributed by atoms with Crippen molar-refractivity contribution in [2.24, 2.45) is 11.7 Å². The molecule has 1 heterocycles. The number of nitrogens with one attached hydrogen (secondary N) is 1. The van der Waals surface area contributed by atoms with Gasteiger partial charge in [-0.1, -0.05) is 18.7 Å². The van der Waals surface area contributed by atoms with Crippen molar-refractivity contribution in [3.63, 3.8) is 0 Å². The topological polar surface area (TPSA) is 102 Å². The van der Waals surface area contributed by atoms with Crippen molar-refractivity contribution >= 4 is 24.0 Å². The Balaban J connectivity index is 0.000000307. The number of halogens is 1. The third-order valence-electron chi connectivity index (χ3n) is 3.98. The van der Waals surface area contributed by atoms with Gasteiger partial charge in [0.05, 0.1) is 0 Å². The molecule has 3 N–H and O–H groups in total. The molecular weight excluding hydrogens is 365 g/mol. The largest absolute Gasteiger partial charge is 0.444 e. The minimum Gasteiger partial charge on any atom is -0.444 e. The minimum absolute atomic E-state index is 0.187. The molecule has 0 aromatic heterocycles. The molecule has 28 heavy (non-hydrogen) atoms. The fraction of sp³-hybridized carbons (Fsp3) is 0.450. The van der Waals surface area contributed by atoms with Gasteiger partial charge >= 0.3 is 6.09 Å². The van der Waals surface area contributed by atoms with Gasteiger partial charge in [0, 0.05) is 25.2 Å². The summed E-state index contributed by atoms with van der Waals surface area (Å²) in [7, 11) is 1.78. The van der Waals surface area contributed by atoms with E-state index in [2.05, 4.69) is 11.9 Å². The molecule has 1 saturated heterocycles. The van der Waals surface area contributed by atoms with E-state index in [9.17, 15) is 18.8 Å². The van der Waals surface area contributed by atoms with Crippen LogP contribution in [0.5, 0.6) is 0 Å². The molecule has 154 valence electrons. The van der Waals surface area contributed by atoms with Crippen LogP contribution < -0.4 is 11.1 Å². The maximum Gasteiger partial charge on any atom is 0.410 e. The van der Waals surface area contributed by atoms with Crippen LogP contribution in [-0.4, -0.2) is 48.4 Å². The summed E-state index contributed by atoms with van der Waals surface area (Å²) >= 11 is 0. The van der Waals surface area contributed by atoms with E-state index in [1.54, 1.807) is 40.0 Å². The van der Waals surface area contributed by atoms with E-state index >= 15 is 0 Å². The van der Waals surface area contributed by atoms with Crippen molar-refractivity contribution in [2.75, 3.05) is 13.6 Å². The summed E-state index contributed by atoms with van der Waals surface area (Å²) in [6.45, 7) is 9.13. The van der Waals surface area contributed by atoms with Gasteiger partial charge < -0.3 is 20.6 Å². The number of hydrogen-bond acceptors (Lipinski definition) is 5. The number of hydrogen-bond donors (Lipinski definition) is 2. The van der Waals surface area contributed by atoms with Crippen LogP contribution in [0, 0.1) is 11.7 Å². The number of aldehydes is 1. The van der Waals surface area contributed by atoms with E-state index in [0.717, 1.165) is 17.5 Å². The van der Waals surface area contributed by atoms with Gasteiger partial charge in [-0.05, 0) is 44.9 Å². The van der Waals surface area contributed by atoms with Gasteiger partial charge in [0.1, 0.15) is 23.7 Å². The maximum absolute atomic E-state index is 12.4. The van der Waals surface area contributed by atoms with E-state index in [0.29, 0.717) is 0 Å². The quantitative estimate of drug-likeness (QED) is 0.765. The first-order chi connectivity index (χ1) is 13.0. The van der Waals surface area contributed by atoms with Crippen LogP contribution in [0.2, 0.25) is 0 Å². The molecule has 1 aromatic carbocycles. The SMILES string of the molecule is C=C(NC)c1ccc(F)cc1.CC(C)(C)OC(=O)N1CC(C=O)CC1C(N)=O. The molecule has 8 heteroatoms. The molecule has 1 fully saturated rings. The third-order valence-corrected chi connectivity index (χ3v) is 3.98. The number of carbonyl (C=O) groups is 3. The van der Waals surface area contributed by atoms with Crippen LogP contribution >= 0.6 is 0 Å². The number of primary amides is 1. The van der Waals surface area contributed by atoms with Crippen molar-refractivity contribution in [1.82, 2.24) is 10.2 Å². The highest BCUT2D eigenvalue weighted by atomic mass is 19.1. The first-order valence-electron chi connectivity index (χ1n) is 8.85. The zero-order chi connectivity index (χ0) is 21.5. The number of benzene rings is 1. The molecule has 0 radical (unpaired) electrons. The highest BCUT2D eigenvalue weighted by Crippen LogP contribution is 2.24. The summed E-state index contributed by atoms with van der Waals surface area (Å²) in [5.74, 6) is -1.18. The fourth-order valence-electron chi connectivity index (χ4n) is 2.55. The van der Waals surface area contributed by atoms with Crippen molar-refractivity contribution in [1.29, 1.82) is 0 Å². The Hall–Kier alpha value is -2.90. The summed E-state index contributed by atoms with van der Waals surface area (Å²) in [4.78, 5) is 34.9. The fourth-order valence-corrected chi connectivity index (χ4v) is 2.55. The van der Waals surface area contributed by atoms with Crippen LogP contribution in [0.3, 0.4) is 0 Å². The average molecular weight is 393 g/mol. The number of nitrogens with zero attached hydrogens (tertiary/aromatic N) is 1. The third kappa shape index (κ3) is 7.02. The minimum atomic E-state index is -0.750. The van der Waals surface area contributed by atoms with Crippen molar-refractivity contribution < 1.29 is 23.5 Å². The van der Waals surface area contributed by atoms with Gasteiger partial charge in [0.25, 0.3) is 0 Å². The number of carbonyl (C=O) groups excluding carboxylic acids is 3. The number of ether oxygens (including phenoxy) is 1. The molecule has 1 aromatic rings. The Morgan fingerprint density at radius 2 is 1.89 bits per heavy atom. The van der Waals surface area contributed by atoms with E-state index in [1.165, 1.54) is 17.0 Å². The Morgan fingerprint density at radius 1 is 1.32 bits per heavy atom. The first kappa shape index (κ1) is 23.1. The predicted molar refractivity (Wildman–Crippen MR) is 105 cm³/mol. The Bertz CT molecular complexity index is 713. The van der Waals surface area contributed by atoms with Gasteiger partial charge in [-0.15, -0.1) is 0 Å². The number of likely N-dealkylation sites (tertiary alicyclic amines) is 1. The Kier molecular flexibility index (Phi) is 8.16. The highest BCUT2D eigenvalue weighted by molar-refractivity contribution is 5.86. The van der Waals surface area contributed by atoms with Gasteiger partial charge in [-0.25, -0.2) is 9.18 Å². The van der Waals surface area contributed by atoms with Gasteiger partial charge in [-0.3, -0.25) is 9.69 Å². The lowest BCUT2D eigenvalue weighted by Gasteiger charge is -2.27. The summed E-state index contributed by atoms with van der Waals surface area (Å²) < 4.78 is 17.6. The highest BCUT2D eigenvalue weighted by Gasteiger charge is 2.40. The van der Waals surface area contributed by atoms with Crippen LogP contribution in [0.25, 0.3) is 5.70 Å². The summed E-state index contributed by atoms with van der Waals surface area (Å²) in [5.41, 5.74) is 6.27. The standard InChI is InChI=1S/C11H18N2O4.C9H10FN/c1-11(2,3)17-10(16)13-5-7(6-14)4-8(13)9(12)15;1-7(11-2)8-3-5-9(10)6-4-8/h6-8H,4-5H2,1-3H3,(H2,12,15);3-6,11H,1H2,2H3. The number of rotatable bonds is 4. The van der Waals surface area contributed by atoms with Crippen LogP contribution in [-0.2, 0) is 14.3 Å². The zero-order valence-electron chi connectivity index (χ0n) is 16.7. The van der Waals surface area contributed by atoms with E-state index in [-0.39, 0.29) is 24.7 Å². The van der Waals surface area contributed by atoms with Crippen LogP contribution in [0.15, 0.2) is 30.8 Å². The monoisotopic (exact) mass is 393 g/mol. The molecule has 1 aliphatic rings. The molecule has 1 aliphatic heterocycles. The molecule has 0 aliphatic carbocycles. The zero-order valence-corrected chi connectivity index (χ0v) is 16.7. The molecule has 2 atom stereocenters. The predicted octanol–water partition coefficient (Wildman–Crippen LogP) is 2.31. The lowest BCUT2D eigenvalue weighted by molar-refractivity contribution is -0.122. The molecule has 0 bridgehead atoms. The molecular formula is C20H28FN3O4. The van der Waals surface area contributed by atoms with Crippen molar-refractivity contribution in [3.8, 4) is 0 Å². The molecule has 0 saturated carbocycles. The van der Waals surface area contributed by atoms with Crippen molar-refractivity contribution in [2.45, 2.75) is 38.8 Å². The first-order valence-corrected chi connectivity index (χ1v) is 8.85. The molecule has 2 unspecified atom stereocenters. The summed E-state index contributed by atoms with van der Waals surface area (Å²) in [6, 6.07) is 5.46. The second-order valence-electron chi connectivity index (χ2n) is 7.42. The van der Waals surface area contributed by atoms with E-state index < -0.39 is 23.6 Å². The average Bonchev–Trinajstić information content (AvgIpc) is 3.06. The summed E-state index contributed by atoms with van der Waals surface area (Å²) in [5, 5.41) is 2.88. The van der Waals surface area contributed by atoms with E-state index in [1.807, 2.05) is 0 Å². The molecule has 0 spiro atoms. The van der Waals surface area contributed by atoms with Crippen molar-refractivity contribution in [3.05, 3.63) is 42.2 Å². The number of nitrogens with two attached hydrogens (primary N) is 1.